The number of aromatic nitrogens is 4. The van der Waals surface area contributed by atoms with Crippen molar-refractivity contribution < 1.29 is 9.13 Å². The average molecular weight is 487 g/mol. The van der Waals surface area contributed by atoms with Gasteiger partial charge in [0.2, 0.25) is 0 Å². The van der Waals surface area contributed by atoms with Crippen molar-refractivity contribution in [2.75, 3.05) is 6.61 Å². The minimum atomic E-state index is -1.08. The third-order valence-electron chi connectivity index (χ3n) is 4.90. The van der Waals surface area contributed by atoms with Crippen LogP contribution in [0.1, 0.15) is 0 Å². The number of hydrogen-bond acceptors (Lipinski definition) is 3. The van der Waals surface area contributed by atoms with Crippen LogP contribution in [0.2, 0.25) is 25.7 Å². The highest BCUT2D eigenvalue weighted by Gasteiger charge is 2.13. The van der Waals surface area contributed by atoms with E-state index < -0.39 is 8.07 Å². The molecule has 0 aliphatic rings. The van der Waals surface area contributed by atoms with Crippen LogP contribution in [0.5, 0.6) is 0 Å². The Morgan fingerprint density at radius 3 is 2.60 bits per heavy atom. The van der Waals surface area contributed by atoms with Gasteiger partial charge in [0.1, 0.15) is 18.6 Å². The Labute approximate surface area is 184 Å². The fourth-order valence-electron chi connectivity index (χ4n) is 3.18. The average Bonchev–Trinajstić information content (AvgIpc) is 3.32. The number of fused-ring (bicyclic) bond motifs is 1. The summed E-state index contributed by atoms with van der Waals surface area (Å²) in [6, 6.07) is 12.5. The fraction of sp³-hybridized carbons (Fsp3) is 0.273. The van der Waals surface area contributed by atoms with E-state index in [-0.39, 0.29) is 5.82 Å². The minimum absolute atomic E-state index is 0.339. The molecule has 0 aliphatic carbocycles. The number of benzene rings is 2. The molecule has 4 aromatic rings. The van der Waals surface area contributed by atoms with Crippen LogP contribution < -0.4 is 0 Å². The summed E-state index contributed by atoms with van der Waals surface area (Å²) >= 11 is 3.35. The first kappa shape index (κ1) is 21.0. The molecule has 0 aliphatic heterocycles. The molecule has 0 unspecified atom stereocenters. The molecule has 2 aromatic heterocycles. The third-order valence-corrected chi connectivity index (χ3v) is 7.06. The summed E-state index contributed by atoms with van der Waals surface area (Å²) in [5.74, 6) is -0.339. The van der Waals surface area contributed by atoms with Gasteiger partial charge in [-0.3, -0.25) is 4.57 Å². The molecule has 0 amide bonds. The highest BCUT2D eigenvalue weighted by molar-refractivity contribution is 9.10. The van der Waals surface area contributed by atoms with Crippen molar-refractivity contribution in [1.82, 2.24) is 19.3 Å². The number of rotatable bonds is 7. The lowest BCUT2D eigenvalue weighted by molar-refractivity contribution is 0.0786. The largest absolute Gasteiger partial charge is 0.360 e. The zero-order valence-corrected chi connectivity index (χ0v) is 19.9. The first-order chi connectivity index (χ1) is 14.3. The van der Waals surface area contributed by atoms with Gasteiger partial charge in [-0.2, -0.15) is 5.10 Å². The predicted molar refractivity (Wildman–Crippen MR) is 124 cm³/mol. The van der Waals surface area contributed by atoms with E-state index in [1.807, 2.05) is 52.0 Å². The van der Waals surface area contributed by atoms with Crippen LogP contribution in [0.4, 0.5) is 4.39 Å². The lowest BCUT2D eigenvalue weighted by Crippen LogP contribution is -2.22. The molecule has 5 nitrogen and oxygen atoms in total. The van der Waals surface area contributed by atoms with E-state index in [2.05, 4.69) is 45.7 Å². The second kappa shape index (κ2) is 8.45. The van der Waals surface area contributed by atoms with Gasteiger partial charge in [0.15, 0.2) is 5.82 Å². The second-order valence-electron chi connectivity index (χ2n) is 8.53. The summed E-state index contributed by atoms with van der Waals surface area (Å²) in [5.41, 5.74) is 4.08. The maximum absolute atomic E-state index is 14.1. The van der Waals surface area contributed by atoms with Gasteiger partial charge in [-0.15, -0.1) is 0 Å². The normalized spacial score (nSPS) is 12.0. The van der Waals surface area contributed by atoms with E-state index >= 15 is 0 Å². The van der Waals surface area contributed by atoms with E-state index in [1.165, 1.54) is 6.07 Å². The van der Waals surface area contributed by atoms with Gasteiger partial charge in [-0.05, 0) is 35.9 Å². The van der Waals surface area contributed by atoms with E-state index in [0.29, 0.717) is 16.7 Å². The lowest BCUT2D eigenvalue weighted by atomic mass is 10.1. The van der Waals surface area contributed by atoms with Gasteiger partial charge in [-0.1, -0.05) is 47.7 Å². The maximum atomic E-state index is 14.1. The van der Waals surface area contributed by atoms with Gasteiger partial charge in [0, 0.05) is 36.6 Å². The fourth-order valence-corrected chi connectivity index (χ4v) is 4.36. The van der Waals surface area contributed by atoms with Crippen molar-refractivity contribution in [3.05, 3.63) is 65.4 Å². The highest BCUT2D eigenvalue weighted by Crippen LogP contribution is 2.26. The van der Waals surface area contributed by atoms with Gasteiger partial charge in [0.25, 0.3) is 0 Å². The molecular formula is C22H24BrFN4OSi. The Balaban J connectivity index is 1.48. The Bertz CT molecular complexity index is 1160. The van der Waals surface area contributed by atoms with Crippen LogP contribution in [0.15, 0.2) is 59.6 Å². The van der Waals surface area contributed by atoms with Crippen LogP contribution in [-0.2, 0) is 11.5 Å². The smallest absolute Gasteiger partial charge is 0.152 e. The molecule has 0 N–H and O–H groups in total. The SMILES string of the molecule is C[Si](C)(C)CCOCn1cc(-c2ccc(-n3cnc4c(F)cc(Br)cc43)cc2)cn1. The standard InChI is InChI=1S/C22H24BrFN4OSi/c1-30(2,3)9-8-29-15-27-13-17(12-26-27)16-4-6-19(7-5-16)28-14-25-22-20(24)10-18(23)11-21(22)28/h4-7,10-14H,8-9,15H2,1-3H3. The molecule has 0 saturated heterocycles. The number of nitrogens with zero attached hydrogens (tertiary/aromatic N) is 4. The van der Waals surface area contributed by atoms with E-state index in [9.17, 15) is 4.39 Å². The quantitative estimate of drug-likeness (QED) is 0.234. The first-order valence-corrected chi connectivity index (χ1v) is 14.3. The van der Waals surface area contributed by atoms with Gasteiger partial charge >= 0.3 is 0 Å². The molecule has 0 saturated carbocycles. The zero-order valence-electron chi connectivity index (χ0n) is 17.3. The molecule has 156 valence electrons. The molecule has 8 heteroatoms. The monoisotopic (exact) mass is 486 g/mol. The van der Waals surface area contributed by atoms with Crippen molar-refractivity contribution in [1.29, 1.82) is 0 Å². The van der Waals surface area contributed by atoms with Gasteiger partial charge in [-0.25, -0.2) is 14.1 Å². The summed E-state index contributed by atoms with van der Waals surface area (Å²) in [7, 11) is -1.08. The molecular weight excluding hydrogens is 463 g/mol. The topological polar surface area (TPSA) is 44.9 Å². The molecule has 0 spiro atoms. The van der Waals surface area contributed by atoms with Crippen LogP contribution in [0, 0.1) is 5.82 Å². The molecule has 4 rings (SSSR count). The Kier molecular flexibility index (Phi) is 5.90. The third kappa shape index (κ3) is 4.71. The van der Waals surface area contributed by atoms with Gasteiger partial charge < -0.3 is 4.74 Å². The molecule has 0 fully saturated rings. The molecule has 2 heterocycles. The summed E-state index contributed by atoms with van der Waals surface area (Å²) in [4.78, 5) is 4.21. The minimum Gasteiger partial charge on any atom is -0.360 e. The molecule has 30 heavy (non-hydrogen) atoms. The Hall–Kier alpha value is -2.29. The Morgan fingerprint density at radius 1 is 1.10 bits per heavy atom. The zero-order chi connectivity index (χ0) is 21.3. The molecule has 0 atom stereocenters. The van der Waals surface area contributed by atoms with Crippen molar-refractivity contribution in [3.8, 4) is 16.8 Å². The summed E-state index contributed by atoms with van der Waals surface area (Å²) in [5, 5.41) is 4.40. The van der Waals surface area contributed by atoms with Crippen LogP contribution in [0.25, 0.3) is 27.8 Å². The second-order valence-corrected chi connectivity index (χ2v) is 15.1. The van der Waals surface area contributed by atoms with Crippen molar-refractivity contribution >= 4 is 35.0 Å². The van der Waals surface area contributed by atoms with Crippen molar-refractivity contribution in [2.24, 2.45) is 0 Å². The maximum Gasteiger partial charge on any atom is 0.152 e. The first-order valence-electron chi connectivity index (χ1n) is 9.83. The number of halogens is 2. The van der Waals surface area contributed by atoms with E-state index in [0.717, 1.165) is 35.0 Å². The molecule has 0 radical (unpaired) electrons. The van der Waals surface area contributed by atoms with Crippen LogP contribution in [0.3, 0.4) is 0 Å². The number of imidazole rings is 1. The molecule has 2 aromatic carbocycles. The van der Waals surface area contributed by atoms with Crippen molar-refractivity contribution in [3.63, 3.8) is 0 Å². The van der Waals surface area contributed by atoms with E-state index in [4.69, 9.17) is 4.74 Å². The van der Waals surface area contributed by atoms with Gasteiger partial charge in [0.05, 0.1) is 11.7 Å². The summed E-state index contributed by atoms with van der Waals surface area (Å²) in [6.07, 6.45) is 5.48. The number of ether oxygens (including phenoxy) is 1. The van der Waals surface area contributed by atoms with E-state index in [1.54, 1.807) is 6.33 Å². The lowest BCUT2D eigenvalue weighted by Gasteiger charge is -2.15. The summed E-state index contributed by atoms with van der Waals surface area (Å²) < 4.78 is 24.3. The highest BCUT2D eigenvalue weighted by atomic mass is 79.9. The van der Waals surface area contributed by atoms with Crippen LogP contribution in [-0.4, -0.2) is 34.0 Å². The Morgan fingerprint density at radius 2 is 1.87 bits per heavy atom. The van der Waals surface area contributed by atoms with Crippen LogP contribution >= 0.6 is 15.9 Å². The predicted octanol–water partition coefficient (Wildman–Crippen LogP) is 6.10. The number of hydrogen-bond donors (Lipinski definition) is 0. The molecule has 0 bridgehead atoms. The summed E-state index contributed by atoms with van der Waals surface area (Å²) in [6.45, 7) is 8.26. The van der Waals surface area contributed by atoms with Crippen molar-refractivity contribution in [2.45, 2.75) is 32.4 Å².